The molecule has 3 aromatic carbocycles. The van der Waals surface area contributed by atoms with E-state index in [1.54, 1.807) is 60.5 Å². The predicted molar refractivity (Wildman–Crippen MR) is 171 cm³/mol. The highest BCUT2D eigenvalue weighted by Crippen LogP contribution is 2.45. The summed E-state index contributed by atoms with van der Waals surface area (Å²) in [5.41, 5.74) is 7.42. The number of rotatable bonds is 10. The molecule has 0 spiro atoms. The van der Waals surface area contributed by atoms with Crippen molar-refractivity contribution < 1.29 is 31.9 Å². The molecule has 10 nitrogen and oxygen atoms in total. The van der Waals surface area contributed by atoms with Crippen molar-refractivity contribution in [2.45, 2.75) is 48.4 Å². The van der Waals surface area contributed by atoms with E-state index in [0.717, 1.165) is 10.8 Å². The predicted octanol–water partition coefficient (Wildman–Crippen LogP) is 5.21. The fraction of sp³-hybridized carbons (Fsp3) is 0.324. The van der Waals surface area contributed by atoms with Crippen molar-refractivity contribution >= 4 is 44.0 Å². The largest absolute Gasteiger partial charge is 0.494 e. The van der Waals surface area contributed by atoms with Crippen LogP contribution in [0.15, 0.2) is 77.8 Å². The average Bonchev–Trinajstić information content (AvgIpc) is 3.83. The van der Waals surface area contributed by atoms with E-state index < -0.39 is 50.8 Å². The highest BCUT2D eigenvalue weighted by molar-refractivity contribution is 7.92. The van der Waals surface area contributed by atoms with Gasteiger partial charge in [0.1, 0.15) is 11.9 Å². The summed E-state index contributed by atoms with van der Waals surface area (Å²) >= 11 is 0. The first-order valence-corrected chi connectivity index (χ1v) is 16.7. The summed E-state index contributed by atoms with van der Waals surface area (Å²) in [6.45, 7) is 2.01. The van der Waals surface area contributed by atoms with Crippen LogP contribution in [0.5, 0.6) is 5.75 Å². The summed E-state index contributed by atoms with van der Waals surface area (Å²) in [4.78, 5) is 33.9. The molecule has 0 bridgehead atoms. The number of halogens is 1. The first-order chi connectivity index (χ1) is 22.1. The van der Waals surface area contributed by atoms with Gasteiger partial charge in [-0.15, -0.1) is 0 Å². The number of carbonyl (C=O) groups is 2. The number of benzene rings is 3. The number of nitrogen functional groups attached to an aromatic ring is 1. The van der Waals surface area contributed by atoms with Gasteiger partial charge in [0.15, 0.2) is 21.4 Å². The Hall–Kier alpha value is -4.71. The first kappa shape index (κ1) is 31.3. The fourth-order valence-corrected chi connectivity index (χ4v) is 8.13. The van der Waals surface area contributed by atoms with Crippen LogP contribution >= 0.6 is 0 Å². The highest BCUT2D eigenvalue weighted by Gasteiger charge is 2.48. The number of aromatic nitrogens is 1. The van der Waals surface area contributed by atoms with E-state index in [1.165, 1.54) is 25.3 Å². The van der Waals surface area contributed by atoms with Gasteiger partial charge < -0.3 is 25.4 Å². The van der Waals surface area contributed by atoms with Crippen LogP contribution in [-0.4, -0.2) is 55.7 Å². The summed E-state index contributed by atoms with van der Waals surface area (Å²) < 4.78 is 52.3. The zero-order valence-electron chi connectivity index (χ0n) is 25.5. The monoisotopic (exact) mass is 646 g/mol. The van der Waals surface area contributed by atoms with E-state index in [9.17, 15) is 22.4 Å². The summed E-state index contributed by atoms with van der Waals surface area (Å²) in [6, 6.07) is 15.9. The number of ether oxygens (including phenoxy) is 2. The number of hydrogen-bond donors (Lipinski definition) is 2. The van der Waals surface area contributed by atoms with Gasteiger partial charge in [-0.05, 0) is 85.2 Å². The van der Waals surface area contributed by atoms with Crippen molar-refractivity contribution in [2.24, 2.45) is 5.92 Å². The molecule has 2 fully saturated rings. The third-order valence-electron chi connectivity index (χ3n) is 8.64. The lowest BCUT2D eigenvalue weighted by Gasteiger charge is -2.33. The van der Waals surface area contributed by atoms with Gasteiger partial charge in [-0.3, -0.25) is 9.59 Å². The lowest BCUT2D eigenvalue weighted by atomic mass is 9.93. The molecule has 1 aromatic heterocycles. The SMILES string of the molecule is CCOC(=O)[C@H]1CCN(C(=O)[C@H](Nc2ccc3c(N)nccc3c2)c2ccc(F)c(OC)c2)[C@H]1c1ccccc1S(=O)(=O)C1CC1. The average molecular weight is 647 g/mol. The summed E-state index contributed by atoms with van der Waals surface area (Å²) in [7, 11) is -2.34. The number of nitrogens with two attached hydrogens (primary N) is 1. The molecule has 0 unspecified atom stereocenters. The molecule has 1 saturated heterocycles. The number of hydrogen-bond acceptors (Lipinski definition) is 9. The Labute approximate surface area is 266 Å². The zero-order chi connectivity index (χ0) is 32.6. The standard InChI is InChI=1S/C34H35FN4O6S/c1-3-45-34(41)26-15-17-39(31(26)25-6-4-5-7-29(25)46(42,43)23-10-11-23)33(40)30(21-8-13-27(35)28(19-21)44-2)38-22-9-12-24-20(18-22)14-16-37-32(24)36/h4-9,12-14,16,18-19,23,26,30-31,38H,3,10-11,15,17H2,1-2H3,(H2,36,37)/t26-,30+,31-/m0/s1. The molecule has 6 rings (SSSR count). The number of amides is 1. The molecule has 0 radical (unpaired) electrons. The van der Waals surface area contributed by atoms with E-state index >= 15 is 0 Å². The second kappa shape index (κ2) is 12.6. The normalized spacial score (nSPS) is 18.7. The molecular formula is C34H35FN4O6S. The molecule has 1 aliphatic carbocycles. The lowest BCUT2D eigenvalue weighted by Crippen LogP contribution is -2.40. The van der Waals surface area contributed by atoms with Crippen LogP contribution in [0.1, 0.15) is 49.4 Å². The molecule has 3 N–H and O–H groups in total. The van der Waals surface area contributed by atoms with E-state index in [0.29, 0.717) is 35.5 Å². The van der Waals surface area contributed by atoms with E-state index in [4.69, 9.17) is 15.2 Å². The Morgan fingerprint density at radius 1 is 1.09 bits per heavy atom. The first-order valence-electron chi connectivity index (χ1n) is 15.2. The smallest absolute Gasteiger partial charge is 0.311 e. The molecule has 2 aliphatic rings. The minimum Gasteiger partial charge on any atom is -0.494 e. The van der Waals surface area contributed by atoms with Crippen LogP contribution in [-0.2, 0) is 24.2 Å². The number of pyridine rings is 1. The van der Waals surface area contributed by atoms with Crippen LogP contribution in [0.3, 0.4) is 0 Å². The summed E-state index contributed by atoms with van der Waals surface area (Å²) in [5, 5.41) is 4.35. The number of sulfone groups is 1. The molecule has 240 valence electrons. The molecular weight excluding hydrogens is 611 g/mol. The Bertz CT molecular complexity index is 1920. The third-order valence-corrected chi connectivity index (χ3v) is 11.0. The summed E-state index contributed by atoms with van der Waals surface area (Å²) in [6.07, 6.45) is 3.00. The number of methoxy groups -OCH3 is 1. The number of anilines is 2. The van der Waals surface area contributed by atoms with E-state index in [2.05, 4.69) is 10.3 Å². The van der Waals surface area contributed by atoms with E-state index in [-0.39, 0.29) is 30.2 Å². The highest BCUT2D eigenvalue weighted by atomic mass is 32.2. The maximum atomic E-state index is 14.8. The van der Waals surface area contributed by atoms with Gasteiger partial charge in [0.2, 0.25) is 5.91 Å². The van der Waals surface area contributed by atoms with Crippen LogP contribution in [0.4, 0.5) is 15.9 Å². The topological polar surface area (TPSA) is 141 Å². The quantitative estimate of drug-likeness (QED) is 0.222. The van der Waals surface area contributed by atoms with Crippen molar-refractivity contribution in [1.82, 2.24) is 9.88 Å². The van der Waals surface area contributed by atoms with Gasteiger partial charge in [-0.25, -0.2) is 17.8 Å². The molecule has 1 aliphatic heterocycles. The van der Waals surface area contributed by atoms with Crippen LogP contribution in [0.2, 0.25) is 0 Å². The van der Waals surface area contributed by atoms with Crippen LogP contribution < -0.4 is 15.8 Å². The van der Waals surface area contributed by atoms with Gasteiger partial charge in [-0.2, -0.15) is 0 Å². The number of nitrogens with zero attached hydrogens (tertiary/aromatic N) is 2. The number of likely N-dealkylation sites (tertiary alicyclic amines) is 1. The molecule has 4 aromatic rings. The van der Waals surface area contributed by atoms with E-state index in [1.807, 2.05) is 6.07 Å². The van der Waals surface area contributed by atoms with Crippen LogP contribution in [0, 0.1) is 11.7 Å². The van der Waals surface area contributed by atoms with Gasteiger partial charge in [0.05, 0.1) is 35.8 Å². The maximum Gasteiger partial charge on any atom is 0.311 e. The number of esters is 1. The molecule has 3 atom stereocenters. The number of nitrogens with one attached hydrogen (secondary N) is 1. The van der Waals surface area contributed by atoms with Crippen molar-refractivity contribution in [2.75, 3.05) is 31.3 Å². The fourth-order valence-electron chi connectivity index (χ4n) is 6.23. The van der Waals surface area contributed by atoms with Gasteiger partial charge in [0, 0.05) is 23.8 Å². The minimum absolute atomic E-state index is 0.0438. The van der Waals surface area contributed by atoms with Gasteiger partial charge >= 0.3 is 5.97 Å². The van der Waals surface area contributed by atoms with Crippen molar-refractivity contribution in [1.29, 1.82) is 0 Å². The Kier molecular flexibility index (Phi) is 8.56. The minimum atomic E-state index is -3.68. The third kappa shape index (κ3) is 5.84. The molecule has 46 heavy (non-hydrogen) atoms. The van der Waals surface area contributed by atoms with Crippen molar-refractivity contribution in [3.63, 3.8) is 0 Å². The lowest BCUT2D eigenvalue weighted by molar-refractivity contribution is -0.149. The number of carbonyl (C=O) groups excluding carboxylic acids is 2. The zero-order valence-corrected chi connectivity index (χ0v) is 26.3. The molecule has 1 amide bonds. The molecule has 2 heterocycles. The molecule has 12 heteroatoms. The second-order valence-electron chi connectivity index (χ2n) is 11.5. The summed E-state index contributed by atoms with van der Waals surface area (Å²) in [5.74, 6) is -2.00. The van der Waals surface area contributed by atoms with Crippen molar-refractivity contribution in [3.05, 3.63) is 89.9 Å². The van der Waals surface area contributed by atoms with Gasteiger partial charge in [0.25, 0.3) is 0 Å². The van der Waals surface area contributed by atoms with Crippen molar-refractivity contribution in [3.8, 4) is 5.75 Å². The maximum absolute atomic E-state index is 14.8. The van der Waals surface area contributed by atoms with Gasteiger partial charge in [-0.1, -0.05) is 24.3 Å². The molecule has 1 saturated carbocycles. The second-order valence-corrected chi connectivity index (χ2v) is 13.7. The van der Waals surface area contributed by atoms with Crippen LogP contribution in [0.25, 0.3) is 10.8 Å². The Morgan fingerprint density at radius 2 is 1.87 bits per heavy atom. The number of fused-ring (bicyclic) bond motifs is 1. The Morgan fingerprint density at radius 3 is 2.61 bits per heavy atom. The Balaban J connectivity index is 1.45.